The molecule has 8 heteroatoms. The van der Waals surface area contributed by atoms with Crippen LogP contribution in [0.15, 0.2) is 65.6 Å². The number of ether oxygens (including phenoxy) is 3. The fraction of sp³-hybridized carbons (Fsp3) is 0.250. The Hall–Kier alpha value is -3.94. The highest BCUT2D eigenvalue weighted by Crippen LogP contribution is 2.38. The second kappa shape index (κ2) is 10.9. The van der Waals surface area contributed by atoms with Crippen LogP contribution in [0.3, 0.4) is 0 Å². The fourth-order valence-electron chi connectivity index (χ4n) is 3.22. The molecule has 0 aliphatic carbocycles. The van der Waals surface area contributed by atoms with Crippen molar-refractivity contribution in [3.63, 3.8) is 0 Å². The van der Waals surface area contributed by atoms with E-state index in [0.29, 0.717) is 36.9 Å². The van der Waals surface area contributed by atoms with E-state index in [4.69, 9.17) is 14.2 Å². The molecule has 8 nitrogen and oxygen atoms in total. The Morgan fingerprint density at radius 2 is 1.41 bits per heavy atom. The fourth-order valence-corrected chi connectivity index (χ4v) is 3.22. The third-order valence-electron chi connectivity index (χ3n) is 4.91. The van der Waals surface area contributed by atoms with Crippen molar-refractivity contribution in [2.24, 2.45) is 0 Å². The van der Waals surface area contributed by atoms with E-state index in [1.807, 2.05) is 30.3 Å². The standard InChI is InChI=1S/C24H27N3O5/c1-30-20-12-19(13-21(31-2)23(20)32-3)15-26-24(29)25-14-17-7-9-18(10-8-17)16-27-11-5-4-6-22(27)28/h4-13H,14-16H2,1-3H3,(H2,25,26,29). The van der Waals surface area contributed by atoms with E-state index in [1.165, 1.54) is 6.07 Å². The number of methoxy groups -OCH3 is 3. The van der Waals surface area contributed by atoms with E-state index in [1.54, 1.807) is 50.3 Å². The van der Waals surface area contributed by atoms with Crippen molar-refractivity contribution in [1.29, 1.82) is 0 Å². The average Bonchev–Trinajstić information content (AvgIpc) is 2.82. The van der Waals surface area contributed by atoms with Gasteiger partial charge in [-0.2, -0.15) is 0 Å². The lowest BCUT2D eigenvalue weighted by Crippen LogP contribution is -2.34. The molecule has 2 N–H and O–H groups in total. The van der Waals surface area contributed by atoms with Crippen molar-refractivity contribution in [3.05, 3.63) is 87.8 Å². The number of amides is 2. The highest BCUT2D eigenvalue weighted by atomic mass is 16.5. The summed E-state index contributed by atoms with van der Waals surface area (Å²) in [4.78, 5) is 24.0. The van der Waals surface area contributed by atoms with Crippen molar-refractivity contribution in [3.8, 4) is 17.2 Å². The van der Waals surface area contributed by atoms with Crippen LogP contribution >= 0.6 is 0 Å². The number of carbonyl (C=O) groups is 1. The number of hydrogen-bond donors (Lipinski definition) is 2. The molecule has 0 fully saturated rings. The molecular formula is C24H27N3O5. The number of benzene rings is 2. The maximum Gasteiger partial charge on any atom is 0.315 e. The molecule has 2 amide bonds. The van der Waals surface area contributed by atoms with E-state index in [0.717, 1.165) is 16.7 Å². The molecule has 32 heavy (non-hydrogen) atoms. The zero-order valence-corrected chi connectivity index (χ0v) is 18.4. The van der Waals surface area contributed by atoms with Crippen molar-refractivity contribution in [2.45, 2.75) is 19.6 Å². The van der Waals surface area contributed by atoms with Gasteiger partial charge in [0.25, 0.3) is 5.56 Å². The van der Waals surface area contributed by atoms with Crippen LogP contribution in [0.25, 0.3) is 0 Å². The molecule has 1 aromatic heterocycles. The third kappa shape index (κ3) is 5.81. The van der Waals surface area contributed by atoms with Crippen LogP contribution < -0.4 is 30.4 Å². The van der Waals surface area contributed by atoms with E-state index < -0.39 is 0 Å². The van der Waals surface area contributed by atoms with Gasteiger partial charge in [0.2, 0.25) is 5.75 Å². The topological polar surface area (TPSA) is 90.8 Å². The number of rotatable bonds is 9. The summed E-state index contributed by atoms with van der Waals surface area (Å²) in [5.41, 5.74) is 2.74. The van der Waals surface area contributed by atoms with Crippen molar-refractivity contribution < 1.29 is 19.0 Å². The summed E-state index contributed by atoms with van der Waals surface area (Å²) < 4.78 is 17.6. The van der Waals surface area contributed by atoms with Crippen LogP contribution in [0.5, 0.6) is 17.2 Å². The average molecular weight is 437 g/mol. The highest BCUT2D eigenvalue weighted by molar-refractivity contribution is 5.74. The van der Waals surface area contributed by atoms with Gasteiger partial charge in [0.15, 0.2) is 11.5 Å². The van der Waals surface area contributed by atoms with Crippen LogP contribution in [-0.2, 0) is 19.6 Å². The molecule has 3 aromatic rings. The molecular weight excluding hydrogens is 410 g/mol. The van der Waals surface area contributed by atoms with Gasteiger partial charge in [-0.05, 0) is 34.9 Å². The van der Waals surface area contributed by atoms with E-state index in [-0.39, 0.29) is 11.6 Å². The second-order valence-corrected chi connectivity index (χ2v) is 7.05. The lowest BCUT2D eigenvalue weighted by atomic mass is 10.1. The van der Waals surface area contributed by atoms with Gasteiger partial charge in [0.1, 0.15) is 0 Å². The molecule has 3 rings (SSSR count). The van der Waals surface area contributed by atoms with Gasteiger partial charge in [-0.25, -0.2) is 4.79 Å². The number of carbonyl (C=O) groups excluding carboxylic acids is 1. The normalized spacial score (nSPS) is 10.3. The first-order valence-electron chi connectivity index (χ1n) is 10.1. The van der Waals surface area contributed by atoms with Crippen LogP contribution in [0.4, 0.5) is 4.79 Å². The zero-order valence-electron chi connectivity index (χ0n) is 18.4. The minimum absolute atomic E-state index is 0.0398. The molecule has 2 aromatic carbocycles. The Morgan fingerprint density at radius 1 is 0.812 bits per heavy atom. The Kier molecular flexibility index (Phi) is 7.75. The zero-order chi connectivity index (χ0) is 22.9. The summed E-state index contributed by atoms with van der Waals surface area (Å²) in [6, 6.07) is 16.1. The summed E-state index contributed by atoms with van der Waals surface area (Å²) >= 11 is 0. The predicted octanol–water partition coefficient (Wildman–Crippen LogP) is 2.92. The summed E-state index contributed by atoms with van der Waals surface area (Å²) in [6.07, 6.45) is 1.76. The monoisotopic (exact) mass is 437 g/mol. The number of hydrogen-bond acceptors (Lipinski definition) is 5. The quantitative estimate of drug-likeness (QED) is 0.537. The summed E-state index contributed by atoms with van der Waals surface area (Å²) in [5, 5.41) is 5.65. The number of urea groups is 1. The molecule has 0 aliphatic rings. The Morgan fingerprint density at radius 3 is 1.97 bits per heavy atom. The number of aromatic nitrogens is 1. The van der Waals surface area contributed by atoms with Gasteiger partial charge in [0, 0.05) is 25.4 Å². The molecule has 0 bridgehead atoms. The van der Waals surface area contributed by atoms with Crippen molar-refractivity contribution in [1.82, 2.24) is 15.2 Å². The Labute approximate surface area is 186 Å². The number of nitrogens with one attached hydrogen (secondary N) is 2. The Bertz CT molecular complexity index is 1080. The van der Waals surface area contributed by atoms with Crippen LogP contribution in [0.2, 0.25) is 0 Å². The molecule has 168 valence electrons. The smallest absolute Gasteiger partial charge is 0.315 e. The van der Waals surface area contributed by atoms with Gasteiger partial charge < -0.3 is 29.4 Å². The first-order valence-corrected chi connectivity index (χ1v) is 10.1. The second-order valence-electron chi connectivity index (χ2n) is 7.05. The van der Waals surface area contributed by atoms with Crippen molar-refractivity contribution in [2.75, 3.05) is 21.3 Å². The van der Waals surface area contributed by atoms with Gasteiger partial charge in [0.05, 0.1) is 27.9 Å². The largest absolute Gasteiger partial charge is 0.493 e. The summed E-state index contributed by atoms with van der Waals surface area (Å²) in [6.45, 7) is 1.18. The van der Waals surface area contributed by atoms with Crippen molar-refractivity contribution >= 4 is 6.03 Å². The van der Waals surface area contributed by atoms with Crippen LogP contribution in [0, 0.1) is 0 Å². The molecule has 0 spiro atoms. The minimum atomic E-state index is -0.293. The van der Waals surface area contributed by atoms with Gasteiger partial charge in [-0.1, -0.05) is 30.3 Å². The molecule has 0 saturated heterocycles. The maximum absolute atomic E-state index is 12.2. The molecule has 1 heterocycles. The minimum Gasteiger partial charge on any atom is -0.493 e. The molecule has 0 radical (unpaired) electrons. The molecule has 0 unspecified atom stereocenters. The van der Waals surface area contributed by atoms with Gasteiger partial charge in [-0.15, -0.1) is 0 Å². The summed E-state index contributed by atoms with van der Waals surface area (Å²) in [5.74, 6) is 1.56. The molecule has 0 aliphatic heterocycles. The van der Waals surface area contributed by atoms with E-state index in [2.05, 4.69) is 10.6 Å². The Balaban J connectivity index is 1.52. The molecule has 0 saturated carbocycles. The first-order chi connectivity index (χ1) is 15.5. The SMILES string of the molecule is COc1cc(CNC(=O)NCc2ccc(Cn3ccccc3=O)cc2)cc(OC)c1OC. The van der Waals surface area contributed by atoms with Gasteiger partial charge in [-0.3, -0.25) is 4.79 Å². The predicted molar refractivity (Wildman–Crippen MR) is 121 cm³/mol. The number of nitrogens with zero attached hydrogens (tertiary/aromatic N) is 1. The van der Waals surface area contributed by atoms with Gasteiger partial charge >= 0.3 is 6.03 Å². The third-order valence-corrected chi connectivity index (χ3v) is 4.91. The van der Waals surface area contributed by atoms with Crippen LogP contribution in [-0.4, -0.2) is 31.9 Å². The lowest BCUT2D eigenvalue weighted by molar-refractivity contribution is 0.240. The van der Waals surface area contributed by atoms with E-state index in [9.17, 15) is 9.59 Å². The first kappa shape index (κ1) is 22.7. The summed E-state index contributed by atoms with van der Waals surface area (Å²) in [7, 11) is 4.63. The molecule has 0 atom stereocenters. The lowest BCUT2D eigenvalue weighted by Gasteiger charge is -2.14. The highest BCUT2D eigenvalue weighted by Gasteiger charge is 2.13. The maximum atomic E-state index is 12.2. The van der Waals surface area contributed by atoms with Crippen LogP contribution in [0.1, 0.15) is 16.7 Å². The number of pyridine rings is 1. The van der Waals surface area contributed by atoms with E-state index >= 15 is 0 Å².